The van der Waals surface area contributed by atoms with E-state index in [0.29, 0.717) is 40.7 Å². The van der Waals surface area contributed by atoms with Crippen LogP contribution in [0.1, 0.15) is 32.2 Å². The van der Waals surface area contributed by atoms with Crippen LogP contribution in [0.15, 0.2) is 12.3 Å². The molecule has 0 saturated carbocycles. The first kappa shape index (κ1) is 23.7. The Labute approximate surface area is 165 Å². The second-order valence-electron chi connectivity index (χ2n) is 5.88. The molecule has 0 aromatic carbocycles. The number of hydrogen-bond donors (Lipinski definition) is 0. The second kappa shape index (κ2) is 10.2. The lowest BCUT2D eigenvalue weighted by Crippen LogP contribution is -2.22. The molecular weight excluding hydrogens is 399 g/mol. The fourth-order valence-corrected chi connectivity index (χ4v) is 2.94. The first-order valence-corrected chi connectivity index (χ1v) is 8.86. The van der Waals surface area contributed by atoms with E-state index < -0.39 is 12.1 Å². The average Bonchev–Trinajstić information content (AvgIpc) is 2.97. The van der Waals surface area contributed by atoms with Crippen LogP contribution in [0.5, 0.6) is 5.75 Å². The van der Waals surface area contributed by atoms with Gasteiger partial charge in [0.15, 0.2) is 0 Å². The van der Waals surface area contributed by atoms with Crippen LogP contribution in [0.3, 0.4) is 0 Å². The van der Waals surface area contributed by atoms with Crippen molar-refractivity contribution >= 4 is 17.8 Å². The van der Waals surface area contributed by atoms with Crippen molar-refractivity contribution in [3.63, 3.8) is 0 Å². The van der Waals surface area contributed by atoms with Crippen LogP contribution in [0, 0.1) is 5.92 Å². The van der Waals surface area contributed by atoms with Crippen LogP contribution in [0.4, 0.5) is 13.2 Å². The Morgan fingerprint density at radius 1 is 1.32 bits per heavy atom. The maximum atomic E-state index is 12.8. The van der Waals surface area contributed by atoms with Gasteiger partial charge in [0.05, 0.1) is 35.0 Å². The lowest BCUT2D eigenvalue weighted by atomic mass is 10.0. The number of aryl methyl sites for hydroxylation is 2. The van der Waals surface area contributed by atoms with Gasteiger partial charge >= 0.3 is 12.3 Å². The number of pyridine rings is 1. The SMILES string of the molecule is CCc1nn(CC)c(-c2cnc(CC(C)C(F)(F)F)cc2OC)c1Cl.O=C=O. The van der Waals surface area contributed by atoms with Gasteiger partial charge < -0.3 is 4.74 Å². The summed E-state index contributed by atoms with van der Waals surface area (Å²) in [5.41, 5.74) is 2.36. The minimum Gasteiger partial charge on any atom is -0.496 e. The van der Waals surface area contributed by atoms with Gasteiger partial charge in [0, 0.05) is 30.9 Å². The molecule has 2 rings (SSSR count). The standard InChI is InChI=1S/C17H21ClF3N3O.CO2/c1-5-13-15(18)16(24(6-2)23-13)12-9-22-11(8-14(12)25-4)7-10(3)17(19,20)21;2-1-3/h8-10H,5-7H2,1-4H3;. The molecule has 2 heterocycles. The van der Waals surface area contributed by atoms with Gasteiger partial charge in [-0.25, -0.2) is 0 Å². The number of halogens is 4. The molecule has 2 aromatic rings. The third kappa shape index (κ3) is 5.56. The maximum absolute atomic E-state index is 12.8. The summed E-state index contributed by atoms with van der Waals surface area (Å²) in [6.45, 7) is 5.63. The van der Waals surface area contributed by atoms with Crippen molar-refractivity contribution in [3.8, 4) is 17.0 Å². The highest BCUT2D eigenvalue weighted by molar-refractivity contribution is 6.33. The zero-order valence-electron chi connectivity index (χ0n) is 15.9. The number of alkyl halides is 3. The van der Waals surface area contributed by atoms with E-state index in [1.54, 1.807) is 4.68 Å². The number of nitrogens with zero attached hydrogens (tertiary/aromatic N) is 3. The average molecular weight is 420 g/mol. The highest BCUT2D eigenvalue weighted by Gasteiger charge is 2.36. The molecule has 2 aromatic heterocycles. The zero-order valence-corrected chi connectivity index (χ0v) is 16.7. The van der Waals surface area contributed by atoms with Gasteiger partial charge in [0.1, 0.15) is 5.75 Å². The third-order valence-corrected chi connectivity index (χ3v) is 4.46. The Balaban J connectivity index is 0.00000122. The van der Waals surface area contributed by atoms with Gasteiger partial charge in [-0.15, -0.1) is 0 Å². The predicted molar refractivity (Wildman–Crippen MR) is 96.0 cm³/mol. The number of aromatic nitrogens is 3. The van der Waals surface area contributed by atoms with Gasteiger partial charge in [0.2, 0.25) is 0 Å². The van der Waals surface area contributed by atoms with E-state index in [1.165, 1.54) is 19.4 Å². The van der Waals surface area contributed by atoms with Crippen LogP contribution in [-0.2, 0) is 29.0 Å². The molecular formula is C18H21ClF3N3O3. The Morgan fingerprint density at radius 3 is 2.39 bits per heavy atom. The summed E-state index contributed by atoms with van der Waals surface area (Å²) in [7, 11) is 1.47. The van der Waals surface area contributed by atoms with Gasteiger partial charge in [-0.05, 0) is 13.3 Å². The lowest BCUT2D eigenvalue weighted by molar-refractivity contribution is -0.191. The summed E-state index contributed by atoms with van der Waals surface area (Å²) >= 11 is 6.44. The second-order valence-corrected chi connectivity index (χ2v) is 6.26. The Kier molecular flexibility index (Phi) is 8.65. The van der Waals surface area contributed by atoms with Gasteiger partial charge in [0.25, 0.3) is 0 Å². The normalized spacial score (nSPS) is 12.0. The molecule has 0 aliphatic carbocycles. The number of carbonyl (C=O) groups excluding carboxylic acids is 2. The molecule has 28 heavy (non-hydrogen) atoms. The van der Waals surface area contributed by atoms with Gasteiger partial charge in [-0.2, -0.15) is 27.9 Å². The molecule has 0 aliphatic heterocycles. The highest BCUT2D eigenvalue weighted by atomic mass is 35.5. The molecule has 6 nitrogen and oxygen atoms in total. The van der Waals surface area contributed by atoms with Crippen molar-refractivity contribution in [3.05, 3.63) is 28.7 Å². The number of rotatable bonds is 6. The van der Waals surface area contributed by atoms with E-state index in [4.69, 9.17) is 25.9 Å². The summed E-state index contributed by atoms with van der Waals surface area (Å²) < 4.78 is 45.4. The molecule has 0 amide bonds. The van der Waals surface area contributed by atoms with E-state index in [0.717, 1.165) is 12.6 Å². The summed E-state index contributed by atoms with van der Waals surface area (Å²) in [4.78, 5) is 20.4. The molecule has 154 valence electrons. The molecule has 0 bridgehead atoms. The maximum Gasteiger partial charge on any atom is 0.391 e. The predicted octanol–water partition coefficient (Wildman–Crippen LogP) is 4.35. The molecule has 0 spiro atoms. The summed E-state index contributed by atoms with van der Waals surface area (Å²) in [6, 6.07) is 1.53. The number of hydrogen-bond acceptors (Lipinski definition) is 5. The van der Waals surface area contributed by atoms with E-state index in [2.05, 4.69) is 10.1 Å². The minimum absolute atomic E-state index is 0.207. The molecule has 0 saturated heterocycles. The molecule has 0 N–H and O–H groups in total. The van der Waals surface area contributed by atoms with Gasteiger partial charge in [-0.3, -0.25) is 9.67 Å². The van der Waals surface area contributed by atoms with Crippen molar-refractivity contribution in [1.82, 2.24) is 14.8 Å². The molecule has 0 fully saturated rings. The highest BCUT2D eigenvalue weighted by Crippen LogP contribution is 2.37. The molecule has 1 atom stereocenters. The van der Waals surface area contributed by atoms with E-state index in [-0.39, 0.29) is 12.6 Å². The first-order valence-electron chi connectivity index (χ1n) is 8.48. The van der Waals surface area contributed by atoms with Crippen molar-refractivity contribution in [2.75, 3.05) is 7.11 Å². The lowest BCUT2D eigenvalue weighted by Gasteiger charge is -2.16. The molecule has 1 unspecified atom stereocenters. The van der Waals surface area contributed by atoms with E-state index in [9.17, 15) is 13.2 Å². The van der Waals surface area contributed by atoms with Crippen molar-refractivity contribution in [1.29, 1.82) is 0 Å². The van der Waals surface area contributed by atoms with Gasteiger partial charge in [-0.1, -0.05) is 25.4 Å². The monoisotopic (exact) mass is 419 g/mol. The minimum atomic E-state index is -4.26. The Morgan fingerprint density at radius 2 is 1.93 bits per heavy atom. The summed E-state index contributed by atoms with van der Waals surface area (Å²) in [5.74, 6) is -1.05. The zero-order chi connectivity index (χ0) is 21.5. The third-order valence-electron chi connectivity index (χ3n) is 4.07. The van der Waals surface area contributed by atoms with Crippen LogP contribution in [0.2, 0.25) is 5.02 Å². The largest absolute Gasteiger partial charge is 0.496 e. The van der Waals surface area contributed by atoms with Crippen molar-refractivity contribution in [2.45, 2.75) is 46.3 Å². The van der Waals surface area contributed by atoms with Crippen LogP contribution in [0.25, 0.3) is 11.3 Å². The summed E-state index contributed by atoms with van der Waals surface area (Å²) in [6.07, 6.45) is -2.03. The molecule has 10 heteroatoms. The fraction of sp³-hybridized carbons (Fsp3) is 0.500. The van der Waals surface area contributed by atoms with Crippen LogP contribution < -0.4 is 4.74 Å². The van der Waals surface area contributed by atoms with Crippen LogP contribution >= 0.6 is 11.6 Å². The quantitative estimate of drug-likeness (QED) is 0.696. The number of ether oxygens (including phenoxy) is 1. The fourth-order valence-electron chi connectivity index (χ4n) is 2.57. The molecule has 0 radical (unpaired) electrons. The molecule has 0 aliphatic rings. The van der Waals surface area contributed by atoms with Crippen molar-refractivity contribution in [2.24, 2.45) is 5.92 Å². The first-order chi connectivity index (χ1) is 13.1. The van der Waals surface area contributed by atoms with Crippen LogP contribution in [-0.4, -0.2) is 34.2 Å². The van der Waals surface area contributed by atoms with E-state index in [1.807, 2.05) is 13.8 Å². The summed E-state index contributed by atoms with van der Waals surface area (Å²) in [5, 5.41) is 4.97. The van der Waals surface area contributed by atoms with E-state index >= 15 is 0 Å². The number of methoxy groups -OCH3 is 1. The Bertz CT molecular complexity index is 831. The topological polar surface area (TPSA) is 74.1 Å². The Hall–Kier alpha value is -2.38. The smallest absolute Gasteiger partial charge is 0.391 e. The van der Waals surface area contributed by atoms with Crippen molar-refractivity contribution < 1.29 is 27.5 Å².